The molecule has 2 saturated heterocycles. The number of benzene rings is 1. The number of carbonyl (C=O) groups excluding carboxylic acids is 1. The molecule has 3 aliphatic heterocycles. The van der Waals surface area contributed by atoms with Crippen molar-refractivity contribution in [3.05, 3.63) is 23.8 Å². The van der Waals surface area contributed by atoms with Crippen LogP contribution in [-0.2, 0) is 4.74 Å². The van der Waals surface area contributed by atoms with Crippen LogP contribution >= 0.6 is 0 Å². The molecule has 3 aliphatic rings. The zero-order valence-corrected chi connectivity index (χ0v) is 15.8. The van der Waals surface area contributed by atoms with Gasteiger partial charge in [0.15, 0.2) is 11.5 Å². The van der Waals surface area contributed by atoms with Crippen LogP contribution < -0.4 is 9.47 Å². The van der Waals surface area contributed by atoms with Crippen molar-refractivity contribution < 1.29 is 24.1 Å². The molecule has 3 heterocycles. The first-order valence-electron chi connectivity index (χ1n) is 9.82. The van der Waals surface area contributed by atoms with Crippen LogP contribution in [0.3, 0.4) is 0 Å². The predicted molar refractivity (Wildman–Crippen MR) is 99.0 cm³/mol. The minimum absolute atomic E-state index is 0.0121. The van der Waals surface area contributed by atoms with E-state index in [9.17, 15) is 9.90 Å². The third-order valence-electron chi connectivity index (χ3n) is 6.10. The summed E-state index contributed by atoms with van der Waals surface area (Å²) >= 11 is 0. The summed E-state index contributed by atoms with van der Waals surface area (Å²) in [6, 6.07) is 5.15. The second-order valence-electron chi connectivity index (χ2n) is 7.52. The zero-order chi connectivity index (χ0) is 18.8. The van der Waals surface area contributed by atoms with Gasteiger partial charge in [-0.05, 0) is 30.0 Å². The number of rotatable bonds is 5. The highest BCUT2D eigenvalue weighted by atomic mass is 16.7. The summed E-state index contributed by atoms with van der Waals surface area (Å²) in [5.74, 6) is 1.90. The van der Waals surface area contributed by atoms with Crippen LogP contribution in [-0.4, -0.2) is 79.6 Å². The Balaban J connectivity index is 1.52. The van der Waals surface area contributed by atoms with Gasteiger partial charge in [-0.25, -0.2) is 0 Å². The second-order valence-corrected chi connectivity index (χ2v) is 7.52. The fourth-order valence-corrected chi connectivity index (χ4v) is 4.52. The summed E-state index contributed by atoms with van der Waals surface area (Å²) in [7, 11) is 0. The number of hydrogen-bond acceptors (Lipinski definition) is 6. The summed E-state index contributed by atoms with van der Waals surface area (Å²) in [4.78, 5) is 17.5. The topological polar surface area (TPSA) is 71.5 Å². The zero-order valence-electron chi connectivity index (χ0n) is 15.8. The average Bonchev–Trinajstić information content (AvgIpc) is 3.31. The Morgan fingerprint density at radius 1 is 1.22 bits per heavy atom. The van der Waals surface area contributed by atoms with Gasteiger partial charge < -0.3 is 24.2 Å². The molecule has 2 fully saturated rings. The molecule has 148 valence electrons. The van der Waals surface area contributed by atoms with E-state index in [1.54, 1.807) is 18.2 Å². The molecule has 0 unspecified atom stereocenters. The predicted octanol–water partition coefficient (Wildman–Crippen LogP) is 1.21. The van der Waals surface area contributed by atoms with Crippen LogP contribution in [0.15, 0.2) is 18.2 Å². The van der Waals surface area contributed by atoms with E-state index in [1.165, 1.54) is 0 Å². The van der Waals surface area contributed by atoms with Crippen LogP contribution in [0, 0.1) is 11.8 Å². The van der Waals surface area contributed by atoms with E-state index in [2.05, 4.69) is 11.8 Å². The molecular weight excluding hydrogens is 348 g/mol. The Morgan fingerprint density at radius 3 is 2.74 bits per heavy atom. The summed E-state index contributed by atoms with van der Waals surface area (Å²) in [6.07, 6.45) is 0.996. The minimum Gasteiger partial charge on any atom is -0.454 e. The molecule has 0 aliphatic carbocycles. The number of carbonyl (C=O) groups is 1. The lowest BCUT2D eigenvalue weighted by molar-refractivity contribution is 0.0206. The van der Waals surface area contributed by atoms with Gasteiger partial charge in [-0.1, -0.05) is 13.3 Å². The van der Waals surface area contributed by atoms with Gasteiger partial charge in [0.05, 0.1) is 25.9 Å². The number of aliphatic hydroxyl groups is 1. The first kappa shape index (κ1) is 18.5. The molecule has 0 saturated carbocycles. The number of hydrogen-bond donors (Lipinski definition) is 1. The van der Waals surface area contributed by atoms with Crippen LogP contribution in [0.1, 0.15) is 23.7 Å². The Hall–Kier alpha value is -1.83. The molecule has 1 amide bonds. The van der Waals surface area contributed by atoms with E-state index in [1.807, 2.05) is 4.90 Å². The van der Waals surface area contributed by atoms with Crippen LogP contribution in [0.25, 0.3) is 0 Å². The number of likely N-dealkylation sites (tertiary alicyclic amines) is 1. The van der Waals surface area contributed by atoms with Gasteiger partial charge in [-0.15, -0.1) is 0 Å². The summed E-state index contributed by atoms with van der Waals surface area (Å²) in [5, 5.41) is 10.1. The van der Waals surface area contributed by atoms with E-state index in [0.717, 1.165) is 39.3 Å². The molecule has 3 atom stereocenters. The maximum atomic E-state index is 13.2. The van der Waals surface area contributed by atoms with Crippen molar-refractivity contribution in [2.75, 3.05) is 52.8 Å². The maximum absolute atomic E-state index is 13.2. The van der Waals surface area contributed by atoms with Gasteiger partial charge in [-0.3, -0.25) is 9.69 Å². The highest BCUT2D eigenvalue weighted by molar-refractivity contribution is 5.95. The van der Waals surface area contributed by atoms with E-state index in [-0.39, 0.29) is 31.3 Å². The molecule has 0 spiro atoms. The van der Waals surface area contributed by atoms with Gasteiger partial charge >= 0.3 is 0 Å². The first-order valence-corrected chi connectivity index (χ1v) is 9.82. The van der Waals surface area contributed by atoms with Crippen molar-refractivity contribution in [1.82, 2.24) is 9.80 Å². The Labute approximate surface area is 159 Å². The standard InChI is InChI=1S/C20H28N2O5/c1-2-14-10-22(17(12-23)16(14)11-21-5-7-25-8-6-21)20(24)15-3-4-18-19(9-15)27-13-26-18/h3-4,9,14,16-17,23H,2,5-8,10-13H2,1H3/t14-,16-,17-/m1/s1. The van der Waals surface area contributed by atoms with Gasteiger partial charge in [0.25, 0.3) is 5.91 Å². The highest BCUT2D eigenvalue weighted by Crippen LogP contribution is 2.36. The van der Waals surface area contributed by atoms with Crippen molar-refractivity contribution in [3.63, 3.8) is 0 Å². The molecule has 7 nitrogen and oxygen atoms in total. The number of amides is 1. The Kier molecular flexibility index (Phi) is 5.52. The average molecular weight is 376 g/mol. The van der Waals surface area contributed by atoms with Crippen LogP contribution in [0.2, 0.25) is 0 Å². The number of nitrogens with zero attached hydrogens (tertiary/aromatic N) is 2. The lowest BCUT2D eigenvalue weighted by Gasteiger charge is -2.33. The van der Waals surface area contributed by atoms with E-state index in [0.29, 0.717) is 29.5 Å². The van der Waals surface area contributed by atoms with Gasteiger partial charge in [0.2, 0.25) is 6.79 Å². The number of aliphatic hydroxyl groups excluding tert-OH is 1. The summed E-state index contributed by atoms with van der Waals surface area (Å²) < 4.78 is 16.2. The molecule has 7 heteroatoms. The van der Waals surface area contributed by atoms with E-state index in [4.69, 9.17) is 14.2 Å². The Morgan fingerprint density at radius 2 is 2.00 bits per heavy atom. The Bertz CT molecular complexity index is 676. The molecule has 1 N–H and O–H groups in total. The van der Waals surface area contributed by atoms with Gasteiger partial charge in [0.1, 0.15) is 0 Å². The van der Waals surface area contributed by atoms with Crippen molar-refractivity contribution in [2.45, 2.75) is 19.4 Å². The summed E-state index contributed by atoms with van der Waals surface area (Å²) in [6.45, 7) is 7.28. The molecule has 1 aromatic carbocycles. The third kappa shape index (κ3) is 3.63. The normalized spacial score (nSPS) is 27.9. The SMILES string of the molecule is CC[C@@H]1CN(C(=O)c2ccc3c(c2)OCO3)[C@H](CO)[C@@H]1CN1CCOCC1. The second kappa shape index (κ2) is 8.04. The fraction of sp³-hybridized carbons (Fsp3) is 0.650. The smallest absolute Gasteiger partial charge is 0.254 e. The largest absolute Gasteiger partial charge is 0.454 e. The van der Waals surface area contributed by atoms with Crippen LogP contribution in [0.4, 0.5) is 0 Å². The molecule has 1 aromatic rings. The number of fused-ring (bicyclic) bond motifs is 1. The summed E-state index contributed by atoms with van der Waals surface area (Å²) in [5.41, 5.74) is 0.583. The maximum Gasteiger partial charge on any atom is 0.254 e. The minimum atomic E-state index is -0.157. The highest BCUT2D eigenvalue weighted by Gasteiger charge is 2.43. The van der Waals surface area contributed by atoms with Crippen molar-refractivity contribution in [2.24, 2.45) is 11.8 Å². The van der Waals surface area contributed by atoms with Crippen molar-refractivity contribution in [3.8, 4) is 11.5 Å². The van der Waals surface area contributed by atoms with Gasteiger partial charge in [0, 0.05) is 31.7 Å². The van der Waals surface area contributed by atoms with Crippen LogP contribution in [0.5, 0.6) is 11.5 Å². The lowest BCUT2D eigenvalue weighted by atomic mass is 9.88. The molecule has 0 bridgehead atoms. The fourth-order valence-electron chi connectivity index (χ4n) is 4.52. The van der Waals surface area contributed by atoms with Crippen molar-refractivity contribution >= 4 is 5.91 Å². The van der Waals surface area contributed by atoms with Crippen molar-refractivity contribution in [1.29, 1.82) is 0 Å². The quantitative estimate of drug-likeness (QED) is 0.833. The molecular formula is C20H28N2O5. The van der Waals surface area contributed by atoms with Gasteiger partial charge in [-0.2, -0.15) is 0 Å². The van der Waals surface area contributed by atoms with E-state index >= 15 is 0 Å². The molecule has 0 radical (unpaired) electrons. The lowest BCUT2D eigenvalue weighted by Crippen LogP contribution is -2.46. The molecule has 4 rings (SSSR count). The monoisotopic (exact) mass is 376 g/mol. The molecule has 0 aromatic heterocycles. The number of ether oxygens (including phenoxy) is 3. The molecule has 27 heavy (non-hydrogen) atoms. The third-order valence-corrected chi connectivity index (χ3v) is 6.10. The van der Waals surface area contributed by atoms with E-state index < -0.39 is 0 Å². The first-order chi connectivity index (χ1) is 13.2. The number of morpholine rings is 1.